The largest absolute Gasteiger partial charge is 0.331 e. The maximum Gasteiger partial charge on any atom is 0.277 e. The number of rotatable bonds is 2. The molecule has 24 heavy (non-hydrogen) atoms. The molecule has 0 bridgehead atoms. The number of amides is 1. The van der Waals surface area contributed by atoms with E-state index in [4.69, 9.17) is 0 Å². The smallest absolute Gasteiger partial charge is 0.277 e. The van der Waals surface area contributed by atoms with Crippen LogP contribution in [0.15, 0.2) is 41.5 Å². The first-order chi connectivity index (χ1) is 11.7. The second kappa shape index (κ2) is 5.73. The predicted octanol–water partition coefficient (Wildman–Crippen LogP) is 0.753. The quantitative estimate of drug-likeness (QED) is 0.724. The number of carbonyl (C=O) groups excluding carboxylic acids is 1. The lowest BCUT2D eigenvalue weighted by Gasteiger charge is -2.26. The van der Waals surface area contributed by atoms with Crippen molar-refractivity contribution in [2.24, 2.45) is 0 Å². The van der Waals surface area contributed by atoms with E-state index in [2.05, 4.69) is 25.4 Å². The van der Waals surface area contributed by atoms with E-state index in [0.717, 1.165) is 5.56 Å². The van der Waals surface area contributed by atoms with Crippen LogP contribution in [0, 0.1) is 0 Å². The van der Waals surface area contributed by atoms with Gasteiger partial charge in [-0.05, 0) is 6.42 Å². The van der Waals surface area contributed by atoms with Crippen molar-refractivity contribution in [3.63, 3.8) is 0 Å². The average molecular weight is 322 g/mol. The summed E-state index contributed by atoms with van der Waals surface area (Å²) in [4.78, 5) is 33.0. The van der Waals surface area contributed by atoms with Crippen molar-refractivity contribution in [2.45, 2.75) is 13.0 Å². The SMILES string of the molecule is O=C(c1n[nH]nc1-c1ccccc1)N1CCc2c(nc[nH]c2=O)C1. The molecular formula is C16H14N6O2. The minimum atomic E-state index is -0.227. The number of aromatic nitrogens is 5. The van der Waals surface area contributed by atoms with Gasteiger partial charge in [-0.25, -0.2) is 4.98 Å². The Morgan fingerprint density at radius 3 is 2.83 bits per heavy atom. The lowest BCUT2D eigenvalue weighted by Crippen LogP contribution is -2.39. The molecule has 0 unspecified atom stereocenters. The molecule has 2 aromatic heterocycles. The maximum atomic E-state index is 12.8. The van der Waals surface area contributed by atoms with Gasteiger partial charge in [0.05, 0.1) is 18.6 Å². The molecule has 0 radical (unpaired) electrons. The fourth-order valence-electron chi connectivity index (χ4n) is 2.87. The van der Waals surface area contributed by atoms with E-state index in [9.17, 15) is 9.59 Å². The topological polar surface area (TPSA) is 108 Å². The Morgan fingerprint density at radius 1 is 1.17 bits per heavy atom. The van der Waals surface area contributed by atoms with Crippen LogP contribution in [0.3, 0.4) is 0 Å². The molecule has 0 saturated heterocycles. The second-order valence-electron chi connectivity index (χ2n) is 5.52. The van der Waals surface area contributed by atoms with Gasteiger partial charge in [-0.2, -0.15) is 15.4 Å². The van der Waals surface area contributed by atoms with E-state index in [-0.39, 0.29) is 17.2 Å². The molecule has 1 aliphatic rings. The molecule has 8 nitrogen and oxygen atoms in total. The molecule has 120 valence electrons. The highest BCUT2D eigenvalue weighted by atomic mass is 16.2. The fraction of sp³-hybridized carbons (Fsp3) is 0.188. The maximum absolute atomic E-state index is 12.8. The summed E-state index contributed by atoms with van der Waals surface area (Å²) in [6, 6.07) is 9.41. The van der Waals surface area contributed by atoms with Crippen molar-refractivity contribution < 1.29 is 4.79 Å². The summed E-state index contributed by atoms with van der Waals surface area (Å²) >= 11 is 0. The Kier molecular flexibility index (Phi) is 3.42. The van der Waals surface area contributed by atoms with E-state index in [1.807, 2.05) is 30.3 Å². The lowest BCUT2D eigenvalue weighted by molar-refractivity contribution is 0.0726. The van der Waals surface area contributed by atoms with Gasteiger partial charge in [-0.3, -0.25) is 9.59 Å². The highest BCUT2D eigenvalue weighted by molar-refractivity contribution is 5.97. The zero-order valence-electron chi connectivity index (χ0n) is 12.7. The first-order valence-electron chi connectivity index (χ1n) is 7.55. The summed E-state index contributed by atoms with van der Waals surface area (Å²) < 4.78 is 0. The zero-order chi connectivity index (χ0) is 16.5. The van der Waals surface area contributed by atoms with Crippen LogP contribution < -0.4 is 5.56 Å². The first-order valence-corrected chi connectivity index (χ1v) is 7.55. The Bertz CT molecular complexity index is 946. The number of hydrogen-bond donors (Lipinski definition) is 2. The first kappa shape index (κ1) is 14.3. The number of hydrogen-bond acceptors (Lipinski definition) is 5. The van der Waals surface area contributed by atoms with Gasteiger partial charge in [-0.1, -0.05) is 30.3 Å². The van der Waals surface area contributed by atoms with Crippen LogP contribution in [0.25, 0.3) is 11.3 Å². The number of benzene rings is 1. The van der Waals surface area contributed by atoms with Crippen LogP contribution in [0.4, 0.5) is 0 Å². The van der Waals surface area contributed by atoms with Crippen molar-refractivity contribution in [1.82, 2.24) is 30.3 Å². The summed E-state index contributed by atoms with van der Waals surface area (Å²) in [6.45, 7) is 0.737. The number of nitrogens with zero attached hydrogens (tertiary/aromatic N) is 4. The molecule has 2 N–H and O–H groups in total. The van der Waals surface area contributed by atoms with Gasteiger partial charge >= 0.3 is 0 Å². The van der Waals surface area contributed by atoms with Crippen molar-refractivity contribution in [3.8, 4) is 11.3 Å². The van der Waals surface area contributed by atoms with Crippen LogP contribution in [-0.2, 0) is 13.0 Å². The van der Waals surface area contributed by atoms with Gasteiger partial charge < -0.3 is 9.88 Å². The van der Waals surface area contributed by atoms with Gasteiger partial charge in [0, 0.05) is 17.7 Å². The molecule has 1 aliphatic heterocycles. The van der Waals surface area contributed by atoms with Crippen LogP contribution in [0.1, 0.15) is 21.7 Å². The second-order valence-corrected chi connectivity index (χ2v) is 5.52. The standard InChI is InChI=1S/C16H14N6O2/c23-15-11-6-7-22(8-12(11)17-9-18-15)16(24)14-13(19-21-20-14)10-4-2-1-3-5-10/h1-5,9H,6-8H2,(H,17,18,23)(H,19,20,21). The molecule has 0 aliphatic carbocycles. The number of nitrogens with one attached hydrogen (secondary N) is 2. The van der Waals surface area contributed by atoms with Crippen LogP contribution in [0.5, 0.6) is 0 Å². The van der Waals surface area contributed by atoms with E-state index < -0.39 is 0 Å². The number of fused-ring (bicyclic) bond motifs is 1. The predicted molar refractivity (Wildman–Crippen MR) is 85.1 cm³/mol. The number of carbonyl (C=O) groups is 1. The summed E-state index contributed by atoms with van der Waals surface area (Å²) in [5.74, 6) is -0.227. The zero-order valence-corrected chi connectivity index (χ0v) is 12.7. The third-order valence-electron chi connectivity index (χ3n) is 4.10. The normalized spacial score (nSPS) is 13.6. The summed E-state index contributed by atoms with van der Waals surface area (Å²) in [5, 5.41) is 10.7. The Balaban J connectivity index is 1.65. The fourth-order valence-corrected chi connectivity index (χ4v) is 2.87. The van der Waals surface area contributed by atoms with E-state index >= 15 is 0 Å². The molecule has 1 amide bonds. The third kappa shape index (κ3) is 2.37. The van der Waals surface area contributed by atoms with Gasteiger partial charge in [-0.15, -0.1) is 0 Å². The molecule has 0 fully saturated rings. The Labute approximate surface area is 136 Å². The lowest BCUT2D eigenvalue weighted by atomic mass is 10.1. The summed E-state index contributed by atoms with van der Waals surface area (Å²) in [6.07, 6.45) is 1.84. The molecule has 0 atom stereocenters. The molecule has 3 heterocycles. The average Bonchev–Trinajstić information content (AvgIpc) is 3.11. The highest BCUT2D eigenvalue weighted by Crippen LogP contribution is 2.22. The summed E-state index contributed by atoms with van der Waals surface area (Å²) in [7, 11) is 0. The molecule has 8 heteroatoms. The van der Waals surface area contributed by atoms with Crippen molar-refractivity contribution >= 4 is 5.91 Å². The van der Waals surface area contributed by atoms with Gasteiger partial charge in [0.1, 0.15) is 5.69 Å². The molecule has 1 aromatic carbocycles. The summed E-state index contributed by atoms with van der Waals surface area (Å²) in [5.41, 5.74) is 2.74. The van der Waals surface area contributed by atoms with Crippen molar-refractivity contribution in [1.29, 1.82) is 0 Å². The highest BCUT2D eigenvalue weighted by Gasteiger charge is 2.28. The monoisotopic (exact) mass is 322 g/mol. The molecule has 4 rings (SSSR count). The van der Waals surface area contributed by atoms with Crippen LogP contribution in [0.2, 0.25) is 0 Å². The van der Waals surface area contributed by atoms with Crippen LogP contribution >= 0.6 is 0 Å². The van der Waals surface area contributed by atoms with E-state index in [1.54, 1.807) is 4.90 Å². The third-order valence-corrected chi connectivity index (χ3v) is 4.10. The Hall–Kier alpha value is -3.29. The molecule has 0 spiro atoms. The minimum absolute atomic E-state index is 0.140. The van der Waals surface area contributed by atoms with E-state index in [1.165, 1.54) is 6.33 Å². The van der Waals surface area contributed by atoms with Gasteiger partial charge in [0.15, 0.2) is 5.69 Å². The van der Waals surface area contributed by atoms with Gasteiger partial charge in [0.25, 0.3) is 11.5 Å². The van der Waals surface area contributed by atoms with Crippen LogP contribution in [-0.4, -0.2) is 42.7 Å². The molecule has 3 aromatic rings. The molecular weight excluding hydrogens is 308 g/mol. The number of H-pyrrole nitrogens is 2. The Morgan fingerprint density at radius 2 is 2.00 bits per heavy atom. The van der Waals surface area contributed by atoms with Crippen molar-refractivity contribution in [2.75, 3.05) is 6.54 Å². The number of aromatic amines is 2. The minimum Gasteiger partial charge on any atom is -0.331 e. The van der Waals surface area contributed by atoms with Gasteiger partial charge in [0.2, 0.25) is 0 Å². The van der Waals surface area contributed by atoms with E-state index in [0.29, 0.717) is 36.5 Å². The van der Waals surface area contributed by atoms with Crippen molar-refractivity contribution in [3.05, 3.63) is 64.0 Å². The molecule has 0 saturated carbocycles.